The molecule has 100 valence electrons. The standard InChI is InChI=1S/C11H10BrFN4O2/c12-7-2-1-3-8(13)10(7)14-4-5-17-6-9(11(18)19)15-16-17/h1-3,6,14H,4-5H2,(H,18,19). The molecule has 1 heterocycles. The number of aromatic nitrogens is 3. The minimum absolute atomic E-state index is 0.118. The number of hydrogen-bond donors (Lipinski definition) is 2. The van der Waals surface area contributed by atoms with E-state index in [4.69, 9.17) is 5.11 Å². The number of carboxylic acid groups (broad SMARTS) is 1. The monoisotopic (exact) mass is 328 g/mol. The summed E-state index contributed by atoms with van der Waals surface area (Å²) in [5.41, 5.74) is 0.244. The zero-order valence-electron chi connectivity index (χ0n) is 9.68. The second kappa shape index (κ2) is 5.79. The molecule has 8 heteroatoms. The number of nitrogens with one attached hydrogen (secondary N) is 1. The Morgan fingerprint density at radius 2 is 2.32 bits per heavy atom. The van der Waals surface area contributed by atoms with Crippen molar-refractivity contribution in [2.45, 2.75) is 6.54 Å². The summed E-state index contributed by atoms with van der Waals surface area (Å²) in [6.45, 7) is 0.767. The quantitative estimate of drug-likeness (QED) is 0.877. The molecule has 0 bridgehead atoms. The third kappa shape index (κ3) is 3.28. The van der Waals surface area contributed by atoms with Crippen LogP contribution in [0, 0.1) is 5.82 Å². The normalized spacial score (nSPS) is 10.4. The van der Waals surface area contributed by atoms with Gasteiger partial charge in [-0.25, -0.2) is 13.9 Å². The minimum atomic E-state index is -1.13. The predicted molar refractivity (Wildman–Crippen MR) is 69.6 cm³/mol. The maximum Gasteiger partial charge on any atom is 0.358 e. The summed E-state index contributed by atoms with van der Waals surface area (Å²) >= 11 is 3.24. The van der Waals surface area contributed by atoms with Crippen molar-refractivity contribution in [3.05, 3.63) is 40.4 Å². The lowest BCUT2D eigenvalue weighted by Crippen LogP contribution is -2.12. The van der Waals surface area contributed by atoms with Crippen LogP contribution in [0.1, 0.15) is 10.5 Å². The molecule has 0 fully saturated rings. The van der Waals surface area contributed by atoms with Crippen molar-refractivity contribution in [3.8, 4) is 0 Å². The molecule has 0 spiro atoms. The molecular formula is C11H10BrFN4O2. The zero-order chi connectivity index (χ0) is 13.8. The van der Waals surface area contributed by atoms with Gasteiger partial charge in [0.25, 0.3) is 0 Å². The van der Waals surface area contributed by atoms with Gasteiger partial charge in [-0.05, 0) is 28.1 Å². The highest BCUT2D eigenvalue weighted by Crippen LogP contribution is 2.24. The number of aromatic carboxylic acids is 1. The van der Waals surface area contributed by atoms with Gasteiger partial charge in [-0.1, -0.05) is 11.3 Å². The molecule has 0 unspecified atom stereocenters. The van der Waals surface area contributed by atoms with E-state index in [0.717, 1.165) is 0 Å². The van der Waals surface area contributed by atoms with Crippen LogP contribution < -0.4 is 5.32 Å². The number of anilines is 1. The van der Waals surface area contributed by atoms with E-state index in [0.29, 0.717) is 23.2 Å². The van der Waals surface area contributed by atoms with Crippen LogP contribution in [0.5, 0.6) is 0 Å². The Morgan fingerprint density at radius 1 is 1.53 bits per heavy atom. The zero-order valence-corrected chi connectivity index (χ0v) is 11.3. The second-order valence-corrected chi connectivity index (χ2v) is 4.55. The first-order valence-corrected chi connectivity index (χ1v) is 6.18. The summed E-state index contributed by atoms with van der Waals surface area (Å²) in [6.07, 6.45) is 1.32. The summed E-state index contributed by atoms with van der Waals surface area (Å²) in [6, 6.07) is 4.68. The highest BCUT2D eigenvalue weighted by molar-refractivity contribution is 9.10. The average molecular weight is 329 g/mol. The third-order valence-corrected chi connectivity index (χ3v) is 3.02. The Morgan fingerprint density at radius 3 is 2.95 bits per heavy atom. The molecule has 0 saturated heterocycles. The number of benzene rings is 1. The second-order valence-electron chi connectivity index (χ2n) is 3.70. The molecule has 0 aliphatic carbocycles. The molecular weight excluding hydrogens is 319 g/mol. The summed E-state index contributed by atoms with van der Waals surface area (Å²) < 4.78 is 15.5. The van der Waals surface area contributed by atoms with E-state index < -0.39 is 5.97 Å². The maximum absolute atomic E-state index is 13.5. The topological polar surface area (TPSA) is 80.0 Å². The van der Waals surface area contributed by atoms with Gasteiger partial charge in [-0.3, -0.25) is 0 Å². The van der Waals surface area contributed by atoms with Crippen molar-refractivity contribution in [1.29, 1.82) is 0 Å². The van der Waals surface area contributed by atoms with Crippen molar-refractivity contribution in [3.63, 3.8) is 0 Å². The Bertz CT molecular complexity index is 582. The van der Waals surface area contributed by atoms with Crippen LogP contribution in [0.4, 0.5) is 10.1 Å². The molecule has 2 N–H and O–H groups in total. The van der Waals surface area contributed by atoms with Crippen molar-refractivity contribution in [1.82, 2.24) is 15.0 Å². The van der Waals surface area contributed by atoms with Gasteiger partial charge in [0.15, 0.2) is 5.69 Å². The first kappa shape index (κ1) is 13.5. The lowest BCUT2D eigenvalue weighted by molar-refractivity contribution is 0.0690. The highest BCUT2D eigenvalue weighted by atomic mass is 79.9. The van der Waals surface area contributed by atoms with Crippen LogP contribution >= 0.6 is 15.9 Å². The van der Waals surface area contributed by atoms with E-state index in [1.54, 1.807) is 12.1 Å². The third-order valence-electron chi connectivity index (χ3n) is 2.36. The number of carboxylic acids is 1. The van der Waals surface area contributed by atoms with Crippen LogP contribution in [0.25, 0.3) is 0 Å². The van der Waals surface area contributed by atoms with Gasteiger partial charge in [0.1, 0.15) is 5.82 Å². The fraction of sp³-hybridized carbons (Fsp3) is 0.182. The molecule has 2 rings (SSSR count). The van der Waals surface area contributed by atoms with Gasteiger partial charge in [0.2, 0.25) is 0 Å². The van der Waals surface area contributed by atoms with Gasteiger partial charge in [-0.2, -0.15) is 0 Å². The van der Waals surface area contributed by atoms with E-state index in [1.165, 1.54) is 16.9 Å². The highest BCUT2D eigenvalue weighted by Gasteiger charge is 2.08. The van der Waals surface area contributed by atoms with Crippen LogP contribution in [-0.2, 0) is 6.54 Å². The van der Waals surface area contributed by atoms with Crippen LogP contribution in [0.15, 0.2) is 28.9 Å². The lowest BCUT2D eigenvalue weighted by Gasteiger charge is -2.09. The Balaban J connectivity index is 1.94. The SMILES string of the molecule is O=C(O)c1cn(CCNc2c(F)cccc2Br)nn1. The lowest BCUT2D eigenvalue weighted by atomic mass is 10.3. The van der Waals surface area contributed by atoms with E-state index in [1.807, 2.05) is 0 Å². The Labute approximate surface area is 116 Å². The molecule has 0 aliphatic rings. The minimum Gasteiger partial charge on any atom is -0.476 e. The summed E-state index contributed by atoms with van der Waals surface area (Å²) in [5.74, 6) is -1.49. The fourth-order valence-corrected chi connectivity index (χ4v) is 1.95. The van der Waals surface area contributed by atoms with E-state index >= 15 is 0 Å². The van der Waals surface area contributed by atoms with Crippen LogP contribution in [0.3, 0.4) is 0 Å². The molecule has 0 saturated carbocycles. The molecule has 0 radical (unpaired) electrons. The van der Waals surface area contributed by atoms with Crippen molar-refractivity contribution < 1.29 is 14.3 Å². The summed E-state index contributed by atoms with van der Waals surface area (Å²) in [7, 11) is 0. The number of carbonyl (C=O) groups is 1. The van der Waals surface area contributed by atoms with Gasteiger partial charge < -0.3 is 10.4 Å². The summed E-state index contributed by atoms with van der Waals surface area (Å²) in [5, 5.41) is 18.7. The van der Waals surface area contributed by atoms with Crippen molar-refractivity contribution in [2.75, 3.05) is 11.9 Å². The van der Waals surface area contributed by atoms with Gasteiger partial charge in [-0.15, -0.1) is 5.10 Å². The van der Waals surface area contributed by atoms with Crippen molar-refractivity contribution >= 4 is 27.6 Å². The average Bonchev–Trinajstić information content (AvgIpc) is 2.82. The number of para-hydroxylation sites is 1. The molecule has 19 heavy (non-hydrogen) atoms. The van der Waals surface area contributed by atoms with Crippen LogP contribution in [-0.4, -0.2) is 32.6 Å². The van der Waals surface area contributed by atoms with Crippen molar-refractivity contribution in [2.24, 2.45) is 0 Å². The fourth-order valence-electron chi connectivity index (χ4n) is 1.47. The molecule has 2 aromatic rings. The summed E-state index contributed by atoms with van der Waals surface area (Å²) in [4.78, 5) is 10.6. The maximum atomic E-state index is 13.5. The molecule has 1 aromatic heterocycles. The van der Waals surface area contributed by atoms with Gasteiger partial charge >= 0.3 is 5.97 Å². The number of nitrogens with zero attached hydrogens (tertiary/aromatic N) is 3. The Kier molecular flexibility index (Phi) is 4.10. The number of hydrogen-bond acceptors (Lipinski definition) is 4. The number of halogens is 2. The Hall–Kier alpha value is -1.96. The van der Waals surface area contributed by atoms with E-state index in [9.17, 15) is 9.18 Å². The van der Waals surface area contributed by atoms with Gasteiger partial charge in [0, 0.05) is 11.0 Å². The predicted octanol–water partition coefficient (Wildman–Crippen LogP) is 1.99. The van der Waals surface area contributed by atoms with Crippen LogP contribution in [0.2, 0.25) is 0 Å². The number of rotatable bonds is 5. The molecule has 0 amide bonds. The molecule has 6 nitrogen and oxygen atoms in total. The smallest absolute Gasteiger partial charge is 0.358 e. The van der Waals surface area contributed by atoms with Gasteiger partial charge in [0.05, 0.1) is 18.4 Å². The first-order valence-electron chi connectivity index (χ1n) is 5.39. The first-order chi connectivity index (χ1) is 9.08. The molecule has 0 atom stereocenters. The van der Waals surface area contributed by atoms with E-state index in [2.05, 4.69) is 31.6 Å². The van der Waals surface area contributed by atoms with E-state index in [-0.39, 0.29) is 11.5 Å². The molecule has 1 aromatic carbocycles. The molecule has 0 aliphatic heterocycles. The largest absolute Gasteiger partial charge is 0.476 e.